The summed E-state index contributed by atoms with van der Waals surface area (Å²) in [7, 11) is 1.66. The normalized spacial score (nSPS) is 22.6. The van der Waals surface area contributed by atoms with E-state index in [1.165, 1.54) is 0 Å². The van der Waals surface area contributed by atoms with Crippen LogP contribution in [0.1, 0.15) is 27.2 Å². The molecule has 1 aliphatic rings. The maximum absolute atomic E-state index is 11.8. The summed E-state index contributed by atoms with van der Waals surface area (Å²) in [5.74, 6) is 0.317. The van der Waals surface area contributed by atoms with Gasteiger partial charge in [0.05, 0.1) is 6.10 Å². The van der Waals surface area contributed by atoms with E-state index in [-0.39, 0.29) is 12.2 Å². The Morgan fingerprint density at radius 2 is 2.18 bits per heavy atom. The molecule has 0 bridgehead atoms. The number of carbonyl (C=O) groups excluding carboxylic acids is 1. The molecule has 0 spiro atoms. The number of likely N-dealkylation sites (tertiary alicyclic amines) is 1. The van der Waals surface area contributed by atoms with Crippen molar-refractivity contribution in [2.45, 2.75) is 38.9 Å². The summed E-state index contributed by atoms with van der Waals surface area (Å²) in [6.07, 6.45) is 0.712. The number of carbonyl (C=O) groups is 1. The van der Waals surface area contributed by atoms with E-state index in [0.29, 0.717) is 19.0 Å². The molecule has 2 atom stereocenters. The number of methoxy groups -OCH3 is 1. The highest BCUT2D eigenvalue weighted by Crippen LogP contribution is 2.23. The third-order valence-electron chi connectivity index (χ3n) is 2.94. The first-order chi connectivity index (χ1) is 7.87. The molecule has 0 aromatic carbocycles. The maximum Gasteiger partial charge on any atom is 0.410 e. The number of hydrogen-bond acceptors (Lipinski definition) is 4. The summed E-state index contributed by atoms with van der Waals surface area (Å²) < 4.78 is 10.6. The van der Waals surface area contributed by atoms with Crippen molar-refractivity contribution in [2.24, 2.45) is 11.7 Å². The number of hydrogen-bond donors (Lipinski definition) is 1. The van der Waals surface area contributed by atoms with Crippen molar-refractivity contribution in [2.75, 3.05) is 26.7 Å². The van der Waals surface area contributed by atoms with Crippen LogP contribution >= 0.6 is 0 Å². The van der Waals surface area contributed by atoms with Crippen LogP contribution in [0.15, 0.2) is 0 Å². The minimum absolute atomic E-state index is 0.0300. The van der Waals surface area contributed by atoms with Crippen molar-refractivity contribution in [1.29, 1.82) is 0 Å². The Morgan fingerprint density at radius 3 is 2.65 bits per heavy atom. The van der Waals surface area contributed by atoms with Gasteiger partial charge in [0.25, 0.3) is 0 Å². The largest absolute Gasteiger partial charge is 0.444 e. The Labute approximate surface area is 103 Å². The van der Waals surface area contributed by atoms with Gasteiger partial charge < -0.3 is 20.1 Å². The Bertz CT molecular complexity index is 259. The zero-order valence-electron chi connectivity index (χ0n) is 11.2. The fourth-order valence-electron chi connectivity index (χ4n) is 2.06. The summed E-state index contributed by atoms with van der Waals surface area (Å²) in [4.78, 5) is 13.6. The van der Waals surface area contributed by atoms with Crippen molar-refractivity contribution in [3.8, 4) is 0 Å². The maximum atomic E-state index is 11.8. The molecule has 17 heavy (non-hydrogen) atoms. The molecule has 1 aliphatic heterocycles. The Morgan fingerprint density at radius 1 is 1.53 bits per heavy atom. The summed E-state index contributed by atoms with van der Waals surface area (Å²) in [5.41, 5.74) is 5.19. The minimum atomic E-state index is -0.441. The van der Waals surface area contributed by atoms with Crippen LogP contribution in [0.4, 0.5) is 4.79 Å². The summed E-state index contributed by atoms with van der Waals surface area (Å²) in [6.45, 7) is 7.50. The van der Waals surface area contributed by atoms with Crippen LogP contribution < -0.4 is 5.73 Å². The van der Waals surface area contributed by atoms with E-state index in [9.17, 15) is 4.79 Å². The van der Waals surface area contributed by atoms with Gasteiger partial charge in [-0.1, -0.05) is 0 Å². The molecular formula is C12H24N2O3. The second kappa shape index (κ2) is 5.69. The lowest BCUT2D eigenvalue weighted by atomic mass is 10.0. The molecule has 0 saturated carbocycles. The van der Waals surface area contributed by atoms with Crippen molar-refractivity contribution in [1.82, 2.24) is 4.90 Å². The minimum Gasteiger partial charge on any atom is -0.444 e. The fraction of sp³-hybridized carbons (Fsp3) is 0.917. The van der Waals surface area contributed by atoms with Crippen LogP contribution in [0.5, 0.6) is 0 Å². The molecule has 0 radical (unpaired) electrons. The Hall–Kier alpha value is -0.810. The molecule has 0 aromatic rings. The zero-order valence-corrected chi connectivity index (χ0v) is 11.2. The predicted molar refractivity (Wildman–Crippen MR) is 65.8 cm³/mol. The van der Waals surface area contributed by atoms with Gasteiger partial charge in [-0.05, 0) is 27.2 Å². The molecular weight excluding hydrogens is 220 g/mol. The van der Waals surface area contributed by atoms with E-state index in [2.05, 4.69) is 0 Å². The van der Waals surface area contributed by atoms with Gasteiger partial charge in [-0.15, -0.1) is 0 Å². The van der Waals surface area contributed by atoms with Gasteiger partial charge in [-0.2, -0.15) is 0 Å². The van der Waals surface area contributed by atoms with Crippen molar-refractivity contribution in [3.05, 3.63) is 0 Å². The summed E-state index contributed by atoms with van der Waals surface area (Å²) >= 11 is 0. The molecule has 0 aliphatic carbocycles. The van der Waals surface area contributed by atoms with Gasteiger partial charge in [0.2, 0.25) is 0 Å². The number of amides is 1. The lowest BCUT2D eigenvalue weighted by Crippen LogP contribution is -2.37. The second-order valence-corrected chi connectivity index (χ2v) is 5.48. The monoisotopic (exact) mass is 244 g/mol. The highest BCUT2D eigenvalue weighted by Gasteiger charge is 2.33. The molecule has 0 aromatic heterocycles. The number of nitrogens with two attached hydrogens (primary N) is 1. The van der Waals surface area contributed by atoms with Gasteiger partial charge in [0, 0.05) is 32.7 Å². The van der Waals surface area contributed by atoms with Crippen LogP contribution in [0, 0.1) is 5.92 Å². The first kappa shape index (κ1) is 14.3. The molecule has 5 nitrogen and oxygen atoms in total. The highest BCUT2D eigenvalue weighted by atomic mass is 16.6. The van der Waals surface area contributed by atoms with Crippen LogP contribution in [-0.4, -0.2) is 49.4 Å². The average Bonchev–Trinajstić information content (AvgIpc) is 2.66. The average molecular weight is 244 g/mol. The van der Waals surface area contributed by atoms with Crippen LogP contribution in [0.3, 0.4) is 0 Å². The van der Waals surface area contributed by atoms with Crippen molar-refractivity contribution < 1.29 is 14.3 Å². The lowest BCUT2D eigenvalue weighted by Gasteiger charge is -2.25. The first-order valence-electron chi connectivity index (χ1n) is 6.08. The number of ether oxygens (including phenoxy) is 2. The third kappa shape index (κ3) is 4.16. The van der Waals surface area contributed by atoms with E-state index in [4.69, 9.17) is 15.2 Å². The van der Waals surface area contributed by atoms with Gasteiger partial charge in [0.1, 0.15) is 5.60 Å². The Kier molecular flexibility index (Phi) is 4.77. The quantitative estimate of drug-likeness (QED) is 0.810. The van der Waals surface area contributed by atoms with Gasteiger partial charge >= 0.3 is 6.09 Å². The van der Waals surface area contributed by atoms with Crippen LogP contribution in [0.2, 0.25) is 0 Å². The van der Waals surface area contributed by atoms with Crippen molar-refractivity contribution in [3.63, 3.8) is 0 Å². The fourth-order valence-corrected chi connectivity index (χ4v) is 2.06. The van der Waals surface area contributed by atoms with E-state index in [1.807, 2.05) is 20.8 Å². The van der Waals surface area contributed by atoms with Crippen LogP contribution in [0.25, 0.3) is 0 Å². The standard InChI is InChI=1S/C12H24N2O3/c1-12(2,3)17-11(15)14-6-5-9(8-14)10(7-13)16-4/h9-10H,5-8,13H2,1-4H3. The molecule has 1 amide bonds. The molecule has 100 valence electrons. The molecule has 1 saturated heterocycles. The van der Waals surface area contributed by atoms with Gasteiger partial charge in [-0.3, -0.25) is 0 Å². The van der Waals surface area contributed by atoms with E-state index in [1.54, 1.807) is 12.0 Å². The number of nitrogens with zero attached hydrogens (tertiary/aromatic N) is 1. The molecule has 2 unspecified atom stereocenters. The second-order valence-electron chi connectivity index (χ2n) is 5.48. The van der Waals surface area contributed by atoms with Crippen LogP contribution in [-0.2, 0) is 9.47 Å². The molecule has 1 heterocycles. The lowest BCUT2D eigenvalue weighted by molar-refractivity contribution is 0.0246. The topological polar surface area (TPSA) is 64.8 Å². The predicted octanol–water partition coefficient (Wildman–Crippen LogP) is 1.22. The van der Waals surface area contributed by atoms with Crippen molar-refractivity contribution >= 4 is 6.09 Å². The van der Waals surface area contributed by atoms with E-state index in [0.717, 1.165) is 13.0 Å². The Balaban J connectivity index is 2.47. The van der Waals surface area contributed by atoms with Gasteiger partial charge in [-0.25, -0.2) is 4.79 Å². The molecule has 2 N–H and O–H groups in total. The zero-order chi connectivity index (χ0) is 13.1. The highest BCUT2D eigenvalue weighted by molar-refractivity contribution is 5.68. The number of rotatable bonds is 3. The summed E-state index contributed by atoms with van der Waals surface area (Å²) in [5, 5.41) is 0. The third-order valence-corrected chi connectivity index (χ3v) is 2.94. The molecule has 1 fully saturated rings. The summed E-state index contributed by atoms with van der Waals surface area (Å²) in [6, 6.07) is 0. The van der Waals surface area contributed by atoms with E-state index >= 15 is 0 Å². The molecule has 5 heteroatoms. The SMILES string of the molecule is COC(CN)C1CCN(C(=O)OC(C)(C)C)C1. The van der Waals surface area contributed by atoms with E-state index < -0.39 is 5.60 Å². The van der Waals surface area contributed by atoms with Gasteiger partial charge in [0.15, 0.2) is 0 Å². The first-order valence-corrected chi connectivity index (χ1v) is 6.08. The smallest absolute Gasteiger partial charge is 0.410 e. The molecule has 1 rings (SSSR count).